The molecule has 0 aliphatic rings. The Kier molecular flexibility index (Phi) is 3.15. The van der Waals surface area contributed by atoms with E-state index >= 15 is 0 Å². The standard InChI is InChI=1S/C7H19N2/c1-6-8(2)7-9(3,4)5/h6-7H2,1-5H3/q+1. The number of nitrogens with zero attached hydrogens (tertiary/aromatic N) is 2. The molecule has 0 unspecified atom stereocenters. The van der Waals surface area contributed by atoms with E-state index in [-0.39, 0.29) is 0 Å². The van der Waals surface area contributed by atoms with Gasteiger partial charge in [0.2, 0.25) is 0 Å². The predicted molar refractivity (Wildman–Crippen MR) is 41.2 cm³/mol. The van der Waals surface area contributed by atoms with E-state index in [9.17, 15) is 0 Å². The molecule has 0 bridgehead atoms. The second kappa shape index (κ2) is 3.18. The molecule has 0 aromatic rings. The van der Waals surface area contributed by atoms with Crippen LogP contribution < -0.4 is 0 Å². The number of quaternary nitrogens is 1. The Morgan fingerprint density at radius 1 is 1.22 bits per heavy atom. The Morgan fingerprint density at radius 3 is 1.78 bits per heavy atom. The lowest BCUT2D eigenvalue weighted by molar-refractivity contribution is -0.880. The molecule has 0 N–H and O–H groups in total. The van der Waals surface area contributed by atoms with Crippen LogP contribution in [0.5, 0.6) is 0 Å². The summed E-state index contributed by atoms with van der Waals surface area (Å²) in [7, 11) is 8.74. The first-order chi connectivity index (χ1) is 3.95. The number of hydrogen-bond acceptors (Lipinski definition) is 1. The van der Waals surface area contributed by atoms with Gasteiger partial charge >= 0.3 is 0 Å². The molecule has 9 heavy (non-hydrogen) atoms. The largest absolute Gasteiger partial charge is 0.318 e. The summed E-state index contributed by atoms with van der Waals surface area (Å²) in [6.07, 6.45) is 0. The van der Waals surface area contributed by atoms with Crippen molar-refractivity contribution in [1.82, 2.24) is 4.90 Å². The fourth-order valence-corrected chi connectivity index (χ4v) is 0.824. The van der Waals surface area contributed by atoms with Crippen molar-refractivity contribution in [3.63, 3.8) is 0 Å². The van der Waals surface area contributed by atoms with Crippen molar-refractivity contribution in [1.29, 1.82) is 0 Å². The fraction of sp³-hybridized carbons (Fsp3) is 1.00. The summed E-state index contributed by atoms with van der Waals surface area (Å²) in [6.45, 7) is 4.43. The summed E-state index contributed by atoms with van der Waals surface area (Å²) in [4.78, 5) is 2.31. The van der Waals surface area contributed by atoms with E-state index in [2.05, 4.69) is 40.0 Å². The third-order valence-electron chi connectivity index (χ3n) is 1.21. The Labute approximate surface area is 58.7 Å². The summed E-state index contributed by atoms with van der Waals surface area (Å²) in [6, 6.07) is 0. The van der Waals surface area contributed by atoms with Crippen LogP contribution in [-0.4, -0.2) is 50.8 Å². The molecule has 56 valence electrons. The average molecular weight is 131 g/mol. The zero-order valence-corrected chi connectivity index (χ0v) is 7.31. The summed E-state index contributed by atoms with van der Waals surface area (Å²) < 4.78 is 1.02. The van der Waals surface area contributed by atoms with Gasteiger partial charge in [0.15, 0.2) is 0 Å². The van der Waals surface area contributed by atoms with Gasteiger partial charge in [-0.3, -0.25) is 4.90 Å². The molecule has 0 rings (SSSR count). The lowest BCUT2D eigenvalue weighted by Gasteiger charge is -2.28. The second-order valence-electron chi connectivity index (χ2n) is 3.60. The molecule has 0 fully saturated rings. The molecule has 0 heterocycles. The Hall–Kier alpha value is -0.0800. The lowest BCUT2D eigenvalue weighted by atomic mass is 10.6. The van der Waals surface area contributed by atoms with Crippen LogP contribution in [0.2, 0.25) is 0 Å². The highest BCUT2D eigenvalue weighted by Crippen LogP contribution is 1.91. The van der Waals surface area contributed by atoms with Crippen molar-refractivity contribution in [2.75, 3.05) is 41.4 Å². The maximum absolute atomic E-state index is 2.31. The normalized spacial score (nSPS) is 12.7. The highest BCUT2D eigenvalue weighted by Gasteiger charge is 2.08. The van der Waals surface area contributed by atoms with Crippen molar-refractivity contribution in [2.45, 2.75) is 6.92 Å². The van der Waals surface area contributed by atoms with Gasteiger partial charge in [0.05, 0.1) is 21.1 Å². The van der Waals surface area contributed by atoms with E-state index in [4.69, 9.17) is 0 Å². The quantitative estimate of drug-likeness (QED) is 0.400. The Balaban J connectivity index is 3.47. The smallest absolute Gasteiger partial charge is 0.134 e. The van der Waals surface area contributed by atoms with Crippen molar-refractivity contribution in [3.05, 3.63) is 0 Å². The van der Waals surface area contributed by atoms with Crippen LogP contribution >= 0.6 is 0 Å². The number of rotatable bonds is 3. The minimum atomic E-state index is 1.02. The molecular formula is C7H19N2+. The highest BCUT2D eigenvalue weighted by atomic mass is 15.4. The zero-order chi connectivity index (χ0) is 7.49. The second-order valence-corrected chi connectivity index (χ2v) is 3.60. The van der Waals surface area contributed by atoms with Gasteiger partial charge < -0.3 is 4.48 Å². The van der Waals surface area contributed by atoms with Crippen LogP contribution in [-0.2, 0) is 0 Å². The van der Waals surface area contributed by atoms with E-state index in [1.165, 1.54) is 0 Å². The predicted octanol–water partition coefficient (Wildman–Crippen LogP) is 0.602. The minimum absolute atomic E-state index is 1.02. The van der Waals surface area contributed by atoms with E-state index < -0.39 is 0 Å². The fourth-order valence-electron chi connectivity index (χ4n) is 0.824. The maximum Gasteiger partial charge on any atom is 0.134 e. The first kappa shape index (κ1) is 8.92. The van der Waals surface area contributed by atoms with Crippen LogP contribution in [0.4, 0.5) is 0 Å². The summed E-state index contributed by atoms with van der Waals surface area (Å²) in [5.41, 5.74) is 0. The molecule has 0 aliphatic carbocycles. The van der Waals surface area contributed by atoms with E-state index in [1.54, 1.807) is 0 Å². The topological polar surface area (TPSA) is 3.24 Å². The summed E-state index contributed by atoms with van der Waals surface area (Å²) >= 11 is 0. The van der Waals surface area contributed by atoms with Crippen molar-refractivity contribution >= 4 is 0 Å². The van der Waals surface area contributed by atoms with Crippen LogP contribution in [0.1, 0.15) is 6.92 Å². The van der Waals surface area contributed by atoms with Gasteiger partial charge in [-0.15, -0.1) is 0 Å². The van der Waals surface area contributed by atoms with E-state index in [0.717, 1.165) is 17.7 Å². The molecule has 2 heteroatoms. The van der Waals surface area contributed by atoms with Crippen molar-refractivity contribution < 1.29 is 4.48 Å². The first-order valence-corrected chi connectivity index (χ1v) is 3.44. The van der Waals surface area contributed by atoms with Crippen LogP contribution in [0, 0.1) is 0 Å². The third kappa shape index (κ3) is 5.80. The molecule has 0 radical (unpaired) electrons. The van der Waals surface area contributed by atoms with Crippen molar-refractivity contribution in [2.24, 2.45) is 0 Å². The average Bonchev–Trinajstić information content (AvgIpc) is 1.62. The van der Waals surface area contributed by atoms with E-state index in [0.29, 0.717) is 0 Å². The third-order valence-corrected chi connectivity index (χ3v) is 1.21. The highest BCUT2D eigenvalue weighted by molar-refractivity contribution is 4.34. The zero-order valence-electron chi connectivity index (χ0n) is 7.31. The molecular weight excluding hydrogens is 112 g/mol. The maximum atomic E-state index is 2.31. The first-order valence-electron chi connectivity index (χ1n) is 3.44. The molecule has 0 aliphatic heterocycles. The lowest BCUT2D eigenvalue weighted by Crippen LogP contribution is -2.43. The molecule has 0 spiro atoms. The summed E-state index contributed by atoms with van der Waals surface area (Å²) in [5, 5.41) is 0. The SMILES string of the molecule is CCN(C)C[N+](C)(C)C. The van der Waals surface area contributed by atoms with Crippen molar-refractivity contribution in [3.8, 4) is 0 Å². The van der Waals surface area contributed by atoms with Gasteiger partial charge in [-0.2, -0.15) is 0 Å². The van der Waals surface area contributed by atoms with Gasteiger partial charge in [-0.05, 0) is 7.05 Å². The van der Waals surface area contributed by atoms with Gasteiger partial charge in [0.25, 0.3) is 0 Å². The molecule has 0 saturated heterocycles. The molecule has 0 atom stereocenters. The Bertz CT molecular complexity index is 73.5. The number of hydrogen-bond donors (Lipinski definition) is 0. The molecule has 0 aromatic heterocycles. The van der Waals surface area contributed by atoms with Gasteiger partial charge in [0.1, 0.15) is 6.67 Å². The minimum Gasteiger partial charge on any atom is -0.318 e. The molecule has 2 nitrogen and oxygen atoms in total. The van der Waals surface area contributed by atoms with Gasteiger partial charge in [0, 0.05) is 6.54 Å². The van der Waals surface area contributed by atoms with E-state index in [1.807, 2.05) is 0 Å². The molecule has 0 aromatic carbocycles. The monoisotopic (exact) mass is 131 g/mol. The van der Waals surface area contributed by atoms with Crippen LogP contribution in [0.25, 0.3) is 0 Å². The molecule has 0 saturated carbocycles. The van der Waals surface area contributed by atoms with Crippen LogP contribution in [0.3, 0.4) is 0 Å². The summed E-state index contributed by atoms with van der Waals surface area (Å²) in [5.74, 6) is 0. The van der Waals surface area contributed by atoms with Gasteiger partial charge in [-0.1, -0.05) is 6.92 Å². The Morgan fingerprint density at radius 2 is 1.67 bits per heavy atom. The van der Waals surface area contributed by atoms with Crippen LogP contribution in [0.15, 0.2) is 0 Å². The molecule has 0 amide bonds. The van der Waals surface area contributed by atoms with Gasteiger partial charge in [-0.25, -0.2) is 0 Å².